The van der Waals surface area contributed by atoms with Crippen LogP contribution in [0.3, 0.4) is 0 Å². The Balaban J connectivity index is 1.59. The summed E-state index contributed by atoms with van der Waals surface area (Å²) in [4.78, 5) is 29.9. The summed E-state index contributed by atoms with van der Waals surface area (Å²) in [6.45, 7) is 6.67. The van der Waals surface area contributed by atoms with Crippen LogP contribution >= 0.6 is 0 Å². The number of carbonyl (C=O) groups is 2. The molecule has 2 aromatic carbocycles. The summed E-state index contributed by atoms with van der Waals surface area (Å²) < 4.78 is 17.9. The molecule has 5 rings (SSSR count). The second-order valence-corrected chi connectivity index (χ2v) is 13.0. The minimum absolute atomic E-state index is 0.0179. The van der Waals surface area contributed by atoms with Crippen molar-refractivity contribution in [2.24, 2.45) is 0 Å². The van der Waals surface area contributed by atoms with Gasteiger partial charge in [0.15, 0.2) is 12.1 Å². The number of aliphatic hydroxyl groups is 4. The third kappa shape index (κ3) is 6.28. The zero-order valence-electron chi connectivity index (χ0n) is 27.4. The zero-order valence-corrected chi connectivity index (χ0v) is 27.4. The van der Waals surface area contributed by atoms with Gasteiger partial charge in [-0.05, 0) is 38.9 Å². The Labute approximate surface area is 274 Å². The SMILES string of the molecule is CCCCN(CCCC)[C@H]1C[C@H](O[C@H]2C[C@](O)(C(O)CO)Cc3c(O)c4c(c(O)c32)C(=O)c2c(OC)cccc2C4=O)O[C@@H](C)[C@H]1O. The van der Waals surface area contributed by atoms with Crippen LogP contribution in [-0.2, 0) is 15.9 Å². The monoisotopic (exact) mass is 657 g/mol. The number of hydrogen-bond acceptors (Lipinski definition) is 12. The molecule has 1 aliphatic heterocycles. The maximum absolute atomic E-state index is 13.9. The Morgan fingerprint density at radius 3 is 2.32 bits per heavy atom. The van der Waals surface area contributed by atoms with Gasteiger partial charge in [-0.25, -0.2) is 0 Å². The normalized spacial score (nSPS) is 27.7. The van der Waals surface area contributed by atoms with Crippen molar-refractivity contribution in [2.45, 2.75) is 108 Å². The average molecular weight is 658 g/mol. The highest BCUT2D eigenvalue weighted by Crippen LogP contribution is 2.53. The Morgan fingerprint density at radius 1 is 1.04 bits per heavy atom. The standard InChI is InChI=1S/C35H47NO11/c1-5-7-12-36(13-8-6-2)21-14-25(46-18(3)30(21)39)47-23-16-35(44,24(38)17-37)15-20-27(23)34(43)29-28(32(20)41)31(40)19-10-9-11-22(45-4)26(19)33(29)42/h9-11,18,21,23-25,30,37-39,41,43-44H,5-8,12-17H2,1-4H3/t18-,21-,23-,24?,25-,30+,35-/m0/s1. The molecule has 0 aromatic heterocycles. The lowest BCUT2D eigenvalue weighted by molar-refractivity contribution is -0.262. The maximum atomic E-state index is 13.9. The number of carbonyl (C=O) groups excluding carboxylic acids is 2. The van der Waals surface area contributed by atoms with Crippen LogP contribution < -0.4 is 4.74 Å². The second-order valence-electron chi connectivity index (χ2n) is 13.0. The van der Waals surface area contributed by atoms with E-state index in [9.17, 15) is 40.2 Å². The largest absolute Gasteiger partial charge is 0.507 e. The number of phenols is 2. The molecule has 12 heteroatoms. The molecule has 12 nitrogen and oxygen atoms in total. The van der Waals surface area contributed by atoms with Crippen LogP contribution in [0.15, 0.2) is 18.2 Å². The van der Waals surface area contributed by atoms with Gasteiger partial charge in [-0.3, -0.25) is 14.5 Å². The minimum atomic E-state index is -2.04. The molecule has 258 valence electrons. The molecule has 0 saturated carbocycles. The number of aliphatic hydroxyl groups excluding tert-OH is 3. The Bertz CT molecular complexity index is 1490. The lowest BCUT2D eigenvalue weighted by atomic mass is 9.71. The van der Waals surface area contributed by atoms with E-state index in [1.807, 2.05) is 0 Å². The molecule has 0 bridgehead atoms. The van der Waals surface area contributed by atoms with Crippen LogP contribution in [0.25, 0.3) is 0 Å². The van der Waals surface area contributed by atoms with Crippen molar-refractivity contribution >= 4 is 11.6 Å². The average Bonchev–Trinajstić information content (AvgIpc) is 3.06. The highest BCUT2D eigenvalue weighted by Gasteiger charge is 2.50. The van der Waals surface area contributed by atoms with Gasteiger partial charge in [0.1, 0.15) is 23.4 Å². The van der Waals surface area contributed by atoms with E-state index in [0.717, 1.165) is 38.8 Å². The molecule has 3 aliphatic rings. The van der Waals surface area contributed by atoms with Crippen LogP contribution in [0.2, 0.25) is 0 Å². The van der Waals surface area contributed by atoms with Crippen molar-refractivity contribution in [3.8, 4) is 17.2 Å². The van der Waals surface area contributed by atoms with Gasteiger partial charge in [0, 0.05) is 42.0 Å². The summed E-state index contributed by atoms with van der Waals surface area (Å²) in [6, 6.07) is 4.15. The van der Waals surface area contributed by atoms with E-state index in [1.165, 1.54) is 25.3 Å². The van der Waals surface area contributed by atoms with E-state index in [1.54, 1.807) is 6.92 Å². The number of methoxy groups -OCH3 is 1. The van der Waals surface area contributed by atoms with Crippen LogP contribution in [0.4, 0.5) is 0 Å². The van der Waals surface area contributed by atoms with E-state index >= 15 is 0 Å². The van der Waals surface area contributed by atoms with Gasteiger partial charge in [0.25, 0.3) is 0 Å². The molecular formula is C35H47NO11. The van der Waals surface area contributed by atoms with Crippen molar-refractivity contribution in [3.63, 3.8) is 0 Å². The predicted molar refractivity (Wildman–Crippen MR) is 170 cm³/mol. The van der Waals surface area contributed by atoms with Crippen LogP contribution in [0.1, 0.15) is 108 Å². The van der Waals surface area contributed by atoms with Gasteiger partial charge in [0.05, 0.1) is 54.3 Å². The zero-order chi connectivity index (χ0) is 34.2. The van der Waals surface area contributed by atoms with Gasteiger partial charge < -0.3 is 44.8 Å². The summed E-state index contributed by atoms with van der Waals surface area (Å²) in [5.41, 5.74) is -3.07. The van der Waals surface area contributed by atoms with E-state index in [-0.39, 0.29) is 46.9 Å². The fourth-order valence-corrected chi connectivity index (χ4v) is 7.31. The van der Waals surface area contributed by atoms with Gasteiger partial charge >= 0.3 is 0 Å². The lowest BCUT2D eigenvalue weighted by Crippen LogP contribution is -2.56. The molecule has 1 heterocycles. The van der Waals surface area contributed by atoms with Crippen molar-refractivity contribution < 1.29 is 54.4 Å². The highest BCUT2D eigenvalue weighted by molar-refractivity contribution is 6.31. The molecule has 2 aliphatic carbocycles. The van der Waals surface area contributed by atoms with Crippen molar-refractivity contribution in [3.05, 3.63) is 51.6 Å². The summed E-state index contributed by atoms with van der Waals surface area (Å²) in [7, 11) is 1.35. The molecule has 0 radical (unpaired) electrons. The molecular weight excluding hydrogens is 610 g/mol. The summed E-state index contributed by atoms with van der Waals surface area (Å²) in [5, 5.41) is 66.8. The molecule has 6 N–H and O–H groups in total. The number of rotatable bonds is 12. The van der Waals surface area contributed by atoms with Crippen molar-refractivity contribution in [2.75, 3.05) is 26.8 Å². The number of unbranched alkanes of at least 4 members (excludes halogenated alkanes) is 2. The quantitative estimate of drug-likeness (QED) is 0.157. The first kappa shape index (κ1) is 35.2. The van der Waals surface area contributed by atoms with E-state index in [2.05, 4.69) is 18.7 Å². The number of nitrogens with zero attached hydrogens (tertiary/aromatic N) is 1. The summed E-state index contributed by atoms with van der Waals surface area (Å²) >= 11 is 0. The third-order valence-electron chi connectivity index (χ3n) is 9.96. The number of ether oxygens (including phenoxy) is 3. The summed E-state index contributed by atoms with van der Waals surface area (Å²) in [6.07, 6.45) is -2.03. The Hall–Kier alpha value is -3.10. The predicted octanol–water partition coefficient (Wildman–Crippen LogP) is 2.74. The first-order chi connectivity index (χ1) is 22.4. The number of fused-ring (bicyclic) bond motifs is 3. The molecule has 0 amide bonds. The topological polar surface area (TPSA) is 186 Å². The fourth-order valence-electron chi connectivity index (χ4n) is 7.31. The van der Waals surface area contributed by atoms with Crippen molar-refractivity contribution in [1.29, 1.82) is 0 Å². The first-order valence-corrected chi connectivity index (χ1v) is 16.5. The minimum Gasteiger partial charge on any atom is -0.507 e. The van der Waals surface area contributed by atoms with Crippen LogP contribution in [0, 0.1) is 0 Å². The van der Waals surface area contributed by atoms with Crippen LogP contribution in [0.5, 0.6) is 17.2 Å². The molecule has 2 aromatic rings. The number of aromatic hydroxyl groups is 2. The first-order valence-electron chi connectivity index (χ1n) is 16.5. The Kier molecular flexibility index (Phi) is 10.6. The molecule has 1 fully saturated rings. The molecule has 7 atom stereocenters. The van der Waals surface area contributed by atoms with Gasteiger partial charge in [-0.2, -0.15) is 0 Å². The summed E-state index contributed by atoms with van der Waals surface area (Å²) in [5.74, 6) is -2.56. The third-order valence-corrected chi connectivity index (χ3v) is 9.96. The smallest absolute Gasteiger partial charge is 0.202 e. The number of ketones is 2. The second kappa shape index (κ2) is 14.2. The molecule has 1 unspecified atom stereocenters. The van der Waals surface area contributed by atoms with E-state index in [0.29, 0.717) is 0 Å². The number of phenolic OH excluding ortho intramolecular Hbond substituents is 2. The lowest BCUT2D eigenvalue weighted by Gasteiger charge is -2.46. The Morgan fingerprint density at radius 2 is 1.70 bits per heavy atom. The molecule has 47 heavy (non-hydrogen) atoms. The fraction of sp³-hybridized carbons (Fsp3) is 0.600. The number of hydrogen-bond donors (Lipinski definition) is 6. The van der Waals surface area contributed by atoms with Gasteiger partial charge in [-0.1, -0.05) is 38.8 Å². The number of benzene rings is 2. The molecule has 1 saturated heterocycles. The van der Waals surface area contributed by atoms with E-state index < -0.39 is 83.5 Å². The van der Waals surface area contributed by atoms with E-state index in [4.69, 9.17) is 14.2 Å². The molecule has 0 spiro atoms. The maximum Gasteiger partial charge on any atom is 0.202 e. The van der Waals surface area contributed by atoms with Gasteiger partial charge in [-0.15, -0.1) is 0 Å². The van der Waals surface area contributed by atoms with Crippen molar-refractivity contribution in [1.82, 2.24) is 4.90 Å². The van der Waals surface area contributed by atoms with Gasteiger partial charge in [0.2, 0.25) is 5.78 Å². The van der Waals surface area contributed by atoms with Crippen LogP contribution in [-0.4, -0.2) is 110 Å². The highest BCUT2D eigenvalue weighted by atomic mass is 16.7.